The first-order valence-electron chi connectivity index (χ1n) is 8.80. The molecule has 2 amide bonds. The highest BCUT2D eigenvalue weighted by molar-refractivity contribution is 5.77. The number of benzene rings is 1. The van der Waals surface area contributed by atoms with Crippen molar-refractivity contribution in [1.29, 1.82) is 0 Å². The van der Waals surface area contributed by atoms with Crippen molar-refractivity contribution in [3.05, 3.63) is 30.6 Å². The summed E-state index contributed by atoms with van der Waals surface area (Å²) < 4.78 is 7.49. The molecule has 1 aromatic carbocycles. The van der Waals surface area contributed by atoms with Gasteiger partial charge >= 0.3 is 6.09 Å². The predicted molar refractivity (Wildman–Crippen MR) is 92.0 cm³/mol. The molecule has 7 nitrogen and oxygen atoms in total. The Morgan fingerprint density at radius 1 is 1.28 bits per heavy atom. The van der Waals surface area contributed by atoms with E-state index in [9.17, 15) is 9.59 Å². The molecule has 0 saturated carbocycles. The quantitative estimate of drug-likeness (QED) is 0.924. The Hall–Kier alpha value is -2.57. The first-order valence-corrected chi connectivity index (χ1v) is 8.80. The van der Waals surface area contributed by atoms with Gasteiger partial charge in [-0.05, 0) is 25.0 Å². The summed E-state index contributed by atoms with van der Waals surface area (Å²) in [7, 11) is 0. The second-order valence-electron chi connectivity index (χ2n) is 6.84. The number of fused-ring (bicyclic) bond motifs is 1. The van der Waals surface area contributed by atoms with Gasteiger partial charge in [-0.2, -0.15) is 0 Å². The number of carbonyl (C=O) groups is 2. The molecule has 2 aliphatic heterocycles. The van der Waals surface area contributed by atoms with Crippen LogP contribution < -0.4 is 5.32 Å². The van der Waals surface area contributed by atoms with Gasteiger partial charge in [-0.15, -0.1) is 0 Å². The van der Waals surface area contributed by atoms with E-state index in [1.165, 1.54) is 0 Å². The van der Waals surface area contributed by atoms with Gasteiger partial charge in [0.25, 0.3) is 0 Å². The first kappa shape index (κ1) is 15.9. The average Bonchev–Trinajstić information content (AvgIpc) is 3.12. The summed E-state index contributed by atoms with van der Waals surface area (Å²) in [4.78, 5) is 30.2. The number of ether oxygens (including phenoxy) is 1. The molecule has 0 radical (unpaired) electrons. The van der Waals surface area contributed by atoms with Crippen LogP contribution in [0, 0.1) is 0 Å². The van der Waals surface area contributed by atoms with E-state index >= 15 is 0 Å². The number of likely N-dealkylation sites (tertiary alicyclic amines) is 1. The highest BCUT2D eigenvalue weighted by atomic mass is 16.6. The van der Waals surface area contributed by atoms with Crippen molar-refractivity contribution >= 4 is 23.0 Å². The SMILES string of the molecule is O=C1NC[C@@]2(CCCN(C(=O)CCn3cnc4ccccc43)CC2)O1. The van der Waals surface area contributed by atoms with Crippen molar-refractivity contribution in [2.45, 2.75) is 37.8 Å². The Bertz CT molecular complexity index is 802. The smallest absolute Gasteiger partial charge is 0.407 e. The van der Waals surface area contributed by atoms with Crippen LogP contribution in [0.15, 0.2) is 30.6 Å². The standard InChI is InChI=1S/C18H22N4O3/c23-16(6-10-22-13-20-14-4-1-2-5-15(14)22)21-9-3-7-18(8-11-21)12-19-17(24)25-18/h1-2,4-5,13H,3,6-12H2,(H,19,24)/t18-/m0/s1. The molecule has 25 heavy (non-hydrogen) atoms. The fourth-order valence-corrected chi connectivity index (χ4v) is 3.76. The minimum absolute atomic E-state index is 0.145. The normalized spacial score (nSPS) is 23.5. The van der Waals surface area contributed by atoms with E-state index in [0.717, 1.165) is 30.4 Å². The molecule has 1 N–H and O–H groups in total. The molecule has 0 unspecified atom stereocenters. The third kappa shape index (κ3) is 3.18. The summed E-state index contributed by atoms with van der Waals surface area (Å²) in [5, 5.41) is 2.74. The van der Waals surface area contributed by atoms with Gasteiger partial charge in [0, 0.05) is 32.5 Å². The van der Waals surface area contributed by atoms with Crippen LogP contribution in [-0.4, -0.2) is 51.7 Å². The van der Waals surface area contributed by atoms with Crippen LogP contribution in [0.1, 0.15) is 25.7 Å². The van der Waals surface area contributed by atoms with E-state index in [2.05, 4.69) is 10.3 Å². The second-order valence-corrected chi connectivity index (χ2v) is 6.84. The number of aromatic nitrogens is 2. The Morgan fingerprint density at radius 2 is 2.16 bits per heavy atom. The minimum Gasteiger partial charge on any atom is -0.441 e. The van der Waals surface area contributed by atoms with E-state index in [0.29, 0.717) is 32.5 Å². The van der Waals surface area contributed by atoms with Gasteiger partial charge < -0.3 is 19.5 Å². The molecule has 0 aliphatic carbocycles. The maximum atomic E-state index is 12.6. The van der Waals surface area contributed by atoms with Gasteiger partial charge in [0.2, 0.25) is 5.91 Å². The lowest BCUT2D eigenvalue weighted by molar-refractivity contribution is -0.131. The number of nitrogens with one attached hydrogen (secondary N) is 1. The van der Waals surface area contributed by atoms with Crippen LogP contribution in [0.3, 0.4) is 0 Å². The van der Waals surface area contributed by atoms with E-state index < -0.39 is 5.60 Å². The van der Waals surface area contributed by atoms with Gasteiger partial charge in [-0.1, -0.05) is 12.1 Å². The molecule has 2 aliphatic rings. The summed E-state index contributed by atoms with van der Waals surface area (Å²) in [6.45, 7) is 2.54. The maximum Gasteiger partial charge on any atom is 0.407 e. The summed E-state index contributed by atoms with van der Waals surface area (Å²) in [6.07, 6.45) is 4.26. The number of hydrogen-bond donors (Lipinski definition) is 1. The largest absolute Gasteiger partial charge is 0.441 e. The van der Waals surface area contributed by atoms with Crippen molar-refractivity contribution in [3.8, 4) is 0 Å². The molecule has 3 heterocycles. The molecule has 1 aromatic heterocycles. The summed E-state index contributed by atoms with van der Waals surface area (Å²) >= 11 is 0. The molecule has 7 heteroatoms. The Kier molecular flexibility index (Phi) is 4.07. The number of amides is 2. The Morgan fingerprint density at radius 3 is 3.00 bits per heavy atom. The molecular formula is C18H22N4O3. The van der Waals surface area contributed by atoms with Crippen LogP contribution >= 0.6 is 0 Å². The van der Waals surface area contributed by atoms with Gasteiger partial charge in [0.05, 0.1) is 23.9 Å². The van der Waals surface area contributed by atoms with Crippen LogP contribution in [0.4, 0.5) is 4.79 Å². The molecule has 2 aromatic rings. The highest BCUT2D eigenvalue weighted by Gasteiger charge is 2.41. The number of hydrogen-bond acceptors (Lipinski definition) is 4. The van der Waals surface area contributed by atoms with E-state index in [1.54, 1.807) is 6.33 Å². The Balaban J connectivity index is 1.36. The van der Waals surface area contributed by atoms with Crippen LogP contribution in [0.25, 0.3) is 11.0 Å². The van der Waals surface area contributed by atoms with Gasteiger partial charge in [-0.3, -0.25) is 4.79 Å². The first-order chi connectivity index (χ1) is 12.2. The lowest BCUT2D eigenvalue weighted by atomic mass is 9.95. The lowest BCUT2D eigenvalue weighted by Gasteiger charge is -2.25. The number of aryl methyl sites for hydroxylation is 1. The topological polar surface area (TPSA) is 76.5 Å². The predicted octanol–water partition coefficient (Wildman–Crippen LogP) is 1.92. The van der Waals surface area contributed by atoms with Crippen molar-refractivity contribution < 1.29 is 14.3 Å². The third-order valence-electron chi connectivity index (χ3n) is 5.21. The van der Waals surface area contributed by atoms with Gasteiger partial charge in [0.15, 0.2) is 0 Å². The van der Waals surface area contributed by atoms with Crippen molar-refractivity contribution in [2.24, 2.45) is 0 Å². The molecule has 132 valence electrons. The fourth-order valence-electron chi connectivity index (χ4n) is 3.76. The molecule has 2 fully saturated rings. The third-order valence-corrected chi connectivity index (χ3v) is 5.21. The fraction of sp³-hybridized carbons (Fsp3) is 0.500. The van der Waals surface area contributed by atoms with Crippen LogP contribution in [0.5, 0.6) is 0 Å². The number of rotatable bonds is 3. The van der Waals surface area contributed by atoms with Crippen molar-refractivity contribution in [1.82, 2.24) is 19.8 Å². The molecular weight excluding hydrogens is 320 g/mol. The minimum atomic E-state index is -0.424. The van der Waals surface area contributed by atoms with Gasteiger partial charge in [0.1, 0.15) is 5.60 Å². The molecule has 1 atom stereocenters. The number of imidazole rings is 1. The van der Waals surface area contributed by atoms with Gasteiger partial charge in [-0.25, -0.2) is 9.78 Å². The lowest BCUT2D eigenvalue weighted by Crippen LogP contribution is -2.36. The average molecular weight is 342 g/mol. The zero-order chi connectivity index (χ0) is 17.3. The molecule has 0 bridgehead atoms. The number of carbonyl (C=O) groups excluding carboxylic acids is 2. The number of alkyl carbamates (subject to hydrolysis) is 1. The molecule has 1 spiro atoms. The van der Waals surface area contributed by atoms with Crippen LogP contribution in [-0.2, 0) is 16.1 Å². The highest BCUT2D eigenvalue weighted by Crippen LogP contribution is 2.29. The zero-order valence-electron chi connectivity index (χ0n) is 14.1. The molecule has 4 rings (SSSR count). The maximum absolute atomic E-state index is 12.6. The summed E-state index contributed by atoms with van der Waals surface area (Å²) in [5.74, 6) is 0.145. The second kappa shape index (κ2) is 6.38. The Labute approximate surface area is 146 Å². The zero-order valence-corrected chi connectivity index (χ0v) is 14.1. The summed E-state index contributed by atoms with van der Waals surface area (Å²) in [5.41, 5.74) is 1.57. The van der Waals surface area contributed by atoms with E-state index in [-0.39, 0.29) is 12.0 Å². The van der Waals surface area contributed by atoms with Crippen molar-refractivity contribution in [3.63, 3.8) is 0 Å². The van der Waals surface area contributed by atoms with Crippen molar-refractivity contribution in [2.75, 3.05) is 19.6 Å². The van der Waals surface area contributed by atoms with E-state index in [4.69, 9.17) is 4.74 Å². The molecule has 2 saturated heterocycles. The van der Waals surface area contributed by atoms with Crippen LogP contribution in [0.2, 0.25) is 0 Å². The number of nitrogens with zero attached hydrogens (tertiary/aromatic N) is 3. The number of para-hydroxylation sites is 2. The van der Waals surface area contributed by atoms with E-state index in [1.807, 2.05) is 33.7 Å². The monoisotopic (exact) mass is 342 g/mol. The summed E-state index contributed by atoms with van der Waals surface area (Å²) in [6, 6.07) is 7.93.